The van der Waals surface area contributed by atoms with Crippen LogP contribution >= 0.6 is 23.1 Å². The van der Waals surface area contributed by atoms with E-state index in [0.29, 0.717) is 11.9 Å². The molecule has 1 atom stereocenters. The Labute approximate surface area is 116 Å². The second kappa shape index (κ2) is 6.24. The monoisotopic (exact) mass is 282 g/mol. The van der Waals surface area contributed by atoms with Crippen molar-refractivity contribution in [3.05, 3.63) is 11.4 Å². The van der Waals surface area contributed by atoms with Crippen molar-refractivity contribution >= 4 is 45.1 Å². The standard InChI is InChI=1S/C12H18N4S2/c1-8(7-17-3)6-14-10-9-4-5-18-11(9)16-12(13-2)15-10/h4-5,8H,6-7H2,1-3H3,(H2,13,14,15,16). The Morgan fingerprint density at radius 3 is 3.00 bits per heavy atom. The maximum absolute atomic E-state index is 4.49. The molecule has 4 nitrogen and oxygen atoms in total. The van der Waals surface area contributed by atoms with Crippen LogP contribution in [0.1, 0.15) is 6.92 Å². The van der Waals surface area contributed by atoms with Crippen molar-refractivity contribution in [2.24, 2.45) is 5.92 Å². The lowest BCUT2D eigenvalue weighted by atomic mass is 10.2. The molecule has 18 heavy (non-hydrogen) atoms. The Bertz CT molecular complexity index is 512. The van der Waals surface area contributed by atoms with E-state index in [1.54, 1.807) is 11.3 Å². The van der Waals surface area contributed by atoms with Crippen LogP contribution in [0.4, 0.5) is 11.8 Å². The summed E-state index contributed by atoms with van der Waals surface area (Å²) in [7, 11) is 1.84. The number of aromatic nitrogens is 2. The first-order chi connectivity index (χ1) is 8.74. The number of thiophene rings is 1. The summed E-state index contributed by atoms with van der Waals surface area (Å²) in [6.07, 6.45) is 2.14. The predicted molar refractivity (Wildman–Crippen MR) is 83.0 cm³/mol. The van der Waals surface area contributed by atoms with E-state index in [-0.39, 0.29) is 0 Å². The zero-order valence-electron chi connectivity index (χ0n) is 10.9. The zero-order chi connectivity index (χ0) is 13.0. The van der Waals surface area contributed by atoms with Gasteiger partial charge in [0.15, 0.2) is 0 Å². The van der Waals surface area contributed by atoms with Gasteiger partial charge in [-0.2, -0.15) is 16.7 Å². The number of anilines is 2. The summed E-state index contributed by atoms with van der Waals surface area (Å²) < 4.78 is 0. The molecule has 2 aromatic rings. The highest BCUT2D eigenvalue weighted by Crippen LogP contribution is 2.26. The third-order valence-electron chi connectivity index (χ3n) is 2.62. The van der Waals surface area contributed by atoms with Gasteiger partial charge in [0.1, 0.15) is 10.6 Å². The molecule has 1 unspecified atom stereocenters. The summed E-state index contributed by atoms with van der Waals surface area (Å²) in [6.45, 7) is 3.18. The first-order valence-electron chi connectivity index (χ1n) is 5.90. The van der Waals surface area contributed by atoms with Gasteiger partial charge in [-0.15, -0.1) is 11.3 Å². The highest BCUT2D eigenvalue weighted by molar-refractivity contribution is 7.98. The predicted octanol–water partition coefficient (Wildman–Crippen LogP) is 3.14. The van der Waals surface area contributed by atoms with E-state index in [1.165, 1.54) is 0 Å². The van der Waals surface area contributed by atoms with Crippen LogP contribution in [-0.2, 0) is 0 Å². The molecule has 0 aromatic carbocycles. The molecule has 6 heteroatoms. The van der Waals surface area contributed by atoms with Gasteiger partial charge in [0.2, 0.25) is 5.95 Å². The second-order valence-electron chi connectivity index (χ2n) is 4.23. The lowest BCUT2D eigenvalue weighted by Gasteiger charge is -2.13. The molecule has 2 N–H and O–H groups in total. The van der Waals surface area contributed by atoms with Crippen LogP contribution in [0.5, 0.6) is 0 Å². The van der Waals surface area contributed by atoms with E-state index in [2.05, 4.69) is 45.2 Å². The molecule has 0 saturated heterocycles. The van der Waals surface area contributed by atoms with Gasteiger partial charge >= 0.3 is 0 Å². The van der Waals surface area contributed by atoms with Gasteiger partial charge in [0.25, 0.3) is 0 Å². The topological polar surface area (TPSA) is 49.8 Å². The minimum atomic E-state index is 0.627. The van der Waals surface area contributed by atoms with E-state index < -0.39 is 0 Å². The zero-order valence-corrected chi connectivity index (χ0v) is 12.5. The Morgan fingerprint density at radius 1 is 1.44 bits per heavy atom. The average Bonchev–Trinajstić information content (AvgIpc) is 2.84. The van der Waals surface area contributed by atoms with Crippen molar-refractivity contribution in [1.29, 1.82) is 0 Å². The fraction of sp³-hybridized carbons (Fsp3) is 0.500. The van der Waals surface area contributed by atoms with Crippen LogP contribution in [0.25, 0.3) is 10.2 Å². The number of hydrogen-bond acceptors (Lipinski definition) is 6. The summed E-state index contributed by atoms with van der Waals surface area (Å²) in [5, 5.41) is 9.60. The quantitative estimate of drug-likeness (QED) is 0.852. The van der Waals surface area contributed by atoms with E-state index in [0.717, 1.165) is 28.3 Å². The average molecular weight is 282 g/mol. The van der Waals surface area contributed by atoms with Crippen LogP contribution in [0.2, 0.25) is 0 Å². The fourth-order valence-electron chi connectivity index (χ4n) is 1.72. The van der Waals surface area contributed by atoms with E-state index >= 15 is 0 Å². The van der Waals surface area contributed by atoms with Crippen LogP contribution in [0, 0.1) is 5.92 Å². The van der Waals surface area contributed by atoms with Gasteiger partial charge in [-0.3, -0.25) is 0 Å². The van der Waals surface area contributed by atoms with Gasteiger partial charge in [0.05, 0.1) is 5.39 Å². The number of thioether (sulfide) groups is 1. The maximum Gasteiger partial charge on any atom is 0.225 e. The number of rotatable bonds is 6. The van der Waals surface area contributed by atoms with E-state index in [4.69, 9.17) is 0 Å². The van der Waals surface area contributed by atoms with Gasteiger partial charge in [-0.1, -0.05) is 6.92 Å². The van der Waals surface area contributed by atoms with Crippen LogP contribution in [0.15, 0.2) is 11.4 Å². The van der Waals surface area contributed by atoms with Crippen molar-refractivity contribution in [1.82, 2.24) is 9.97 Å². The first-order valence-corrected chi connectivity index (χ1v) is 8.17. The first kappa shape index (κ1) is 13.4. The molecule has 98 valence electrons. The molecular weight excluding hydrogens is 264 g/mol. The lowest BCUT2D eigenvalue weighted by Crippen LogP contribution is -2.14. The molecule has 2 aromatic heterocycles. The molecular formula is C12H18N4S2. The smallest absolute Gasteiger partial charge is 0.225 e. The summed E-state index contributed by atoms with van der Waals surface area (Å²) in [5.74, 6) is 3.38. The minimum Gasteiger partial charge on any atom is -0.369 e. The molecule has 0 aliphatic rings. The summed E-state index contributed by atoms with van der Waals surface area (Å²) >= 11 is 3.52. The summed E-state index contributed by atoms with van der Waals surface area (Å²) in [4.78, 5) is 9.94. The van der Waals surface area contributed by atoms with Crippen molar-refractivity contribution in [3.8, 4) is 0 Å². The SMILES string of the molecule is CNc1nc(NCC(C)CSC)c2ccsc2n1. The number of fused-ring (bicyclic) bond motifs is 1. The molecule has 0 fully saturated rings. The Kier molecular flexibility index (Phi) is 4.66. The molecule has 0 bridgehead atoms. The fourth-order valence-corrected chi connectivity index (χ4v) is 3.17. The van der Waals surface area contributed by atoms with Gasteiger partial charge in [0, 0.05) is 13.6 Å². The normalized spacial score (nSPS) is 12.6. The highest BCUT2D eigenvalue weighted by Gasteiger charge is 2.09. The van der Waals surface area contributed by atoms with Gasteiger partial charge < -0.3 is 10.6 Å². The van der Waals surface area contributed by atoms with Crippen molar-refractivity contribution in [2.75, 3.05) is 36.2 Å². The van der Waals surface area contributed by atoms with E-state index in [1.807, 2.05) is 18.8 Å². The Balaban J connectivity index is 2.18. The molecule has 0 saturated carbocycles. The molecule has 0 spiro atoms. The van der Waals surface area contributed by atoms with Gasteiger partial charge in [-0.25, -0.2) is 4.98 Å². The molecule has 0 amide bonds. The Morgan fingerprint density at radius 2 is 2.28 bits per heavy atom. The third-order valence-corrected chi connectivity index (χ3v) is 4.33. The summed E-state index contributed by atoms with van der Waals surface area (Å²) in [5.41, 5.74) is 0. The largest absolute Gasteiger partial charge is 0.369 e. The molecule has 0 radical (unpaired) electrons. The molecule has 0 aliphatic heterocycles. The molecule has 0 aliphatic carbocycles. The number of nitrogens with one attached hydrogen (secondary N) is 2. The second-order valence-corrected chi connectivity index (χ2v) is 6.03. The Hall–Kier alpha value is -1.01. The number of nitrogens with zero attached hydrogens (tertiary/aromatic N) is 2. The number of hydrogen-bond donors (Lipinski definition) is 2. The molecule has 2 rings (SSSR count). The van der Waals surface area contributed by atoms with E-state index in [9.17, 15) is 0 Å². The van der Waals surface area contributed by atoms with Crippen molar-refractivity contribution in [2.45, 2.75) is 6.92 Å². The van der Waals surface area contributed by atoms with Crippen LogP contribution in [-0.4, -0.2) is 35.6 Å². The van der Waals surface area contributed by atoms with Crippen molar-refractivity contribution in [3.63, 3.8) is 0 Å². The van der Waals surface area contributed by atoms with Crippen LogP contribution in [0.3, 0.4) is 0 Å². The minimum absolute atomic E-state index is 0.627. The van der Waals surface area contributed by atoms with Crippen LogP contribution < -0.4 is 10.6 Å². The molecule has 2 heterocycles. The van der Waals surface area contributed by atoms with Crippen molar-refractivity contribution < 1.29 is 0 Å². The maximum atomic E-state index is 4.49. The third kappa shape index (κ3) is 3.05. The lowest BCUT2D eigenvalue weighted by molar-refractivity contribution is 0.700. The van der Waals surface area contributed by atoms with Gasteiger partial charge in [-0.05, 0) is 29.4 Å². The summed E-state index contributed by atoms with van der Waals surface area (Å²) in [6, 6.07) is 2.07. The highest BCUT2D eigenvalue weighted by atomic mass is 32.2.